The predicted octanol–water partition coefficient (Wildman–Crippen LogP) is 2.69. The summed E-state index contributed by atoms with van der Waals surface area (Å²) in [6, 6.07) is 1.12. The Kier molecular flexibility index (Phi) is 4.45. The summed E-state index contributed by atoms with van der Waals surface area (Å²) in [5.41, 5.74) is 0. The van der Waals surface area contributed by atoms with Crippen LogP contribution in [0.4, 0.5) is 0 Å². The lowest BCUT2D eigenvalue weighted by molar-refractivity contribution is 0.0289. The lowest BCUT2D eigenvalue weighted by Crippen LogP contribution is -2.55. The lowest BCUT2D eigenvalue weighted by atomic mass is 10.1. The molecule has 3 heterocycles. The van der Waals surface area contributed by atoms with Crippen LogP contribution in [0.5, 0.6) is 0 Å². The second kappa shape index (κ2) is 6.30. The predicted molar refractivity (Wildman–Crippen MR) is 84.0 cm³/mol. The van der Waals surface area contributed by atoms with Crippen molar-refractivity contribution in [2.24, 2.45) is 0 Å². The van der Waals surface area contributed by atoms with Crippen molar-refractivity contribution in [1.29, 1.82) is 0 Å². The maximum absolute atomic E-state index is 4.41. The molecular formula is C14H20N4S2. The van der Waals surface area contributed by atoms with Crippen molar-refractivity contribution in [3.63, 3.8) is 0 Å². The van der Waals surface area contributed by atoms with Gasteiger partial charge in [-0.15, -0.1) is 22.7 Å². The van der Waals surface area contributed by atoms with Gasteiger partial charge in [0.1, 0.15) is 10.0 Å². The third-order valence-corrected chi connectivity index (χ3v) is 5.35. The number of nitrogens with zero attached hydrogens (tertiary/aromatic N) is 4. The van der Waals surface area contributed by atoms with Gasteiger partial charge in [-0.25, -0.2) is 9.97 Å². The molecule has 1 fully saturated rings. The molecule has 20 heavy (non-hydrogen) atoms. The number of rotatable bonds is 4. The fraction of sp³-hybridized carbons (Fsp3) is 0.571. The summed E-state index contributed by atoms with van der Waals surface area (Å²) in [6.45, 7) is 8.81. The molecule has 3 rings (SSSR count). The van der Waals surface area contributed by atoms with Gasteiger partial charge in [0.05, 0.1) is 13.1 Å². The minimum Gasteiger partial charge on any atom is -0.294 e. The van der Waals surface area contributed by atoms with Crippen LogP contribution in [-0.2, 0) is 13.1 Å². The summed E-state index contributed by atoms with van der Waals surface area (Å²) >= 11 is 3.50. The summed E-state index contributed by atoms with van der Waals surface area (Å²) in [6.07, 6.45) is 3.79. The van der Waals surface area contributed by atoms with Crippen molar-refractivity contribution in [1.82, 2.24) is 19.8 Å². The van der Waals surface area contributed by atoms with Gasteiger partial charge in [-0.2, -0.15) is 0 Å². The van der Waals surface area contributed by atoms with E-state index in [0.717, 1.165) is 26.2 Å². The van der Waals surface area contributed by atoms with Gasteiger partial charge in [-0.05, 0) is 13.8 Å². The molecule has 2 aromatic rings. The van der Waals surface area contributed by atoms with Crippen molar-refractivity contribution in [3.8, 4) is 0 Å². The molecule has 4 nitrogen and oxygen atoms in total. The Balaban J connectivity index is 1.61. The highest BCUT2D eigenvalue weighted by molar-refractivity contribution is 7.09. The van der Waals surface area contributed by atoms with Gasteiger partial charge < -0.3 is 0 Å². The van der Waals surface area contributed by atoms with E-state index >= 15 is 0 Å². The summed E-state index contributed by atoms with van der Waals surface area (Å²) in [7, 11) is 0. The van der Waals surface area contributed by atoms with Gasteiger partial charge in [0.25, 0.3) is 0 Å². The first-order valence-electron chi connectivity index (χ1n) is 6.97. The first-order valence-corrected chi connectivity index (χ1v) is 8.73. The minimum absolute atomic E-state index is 0.558. The molecule has 0 aliphatic carbocycles. The summed E-state index contributed by atoms with van der Waals surface area (Å²) in [4.78, 5) is 13.9. The molecule has 1 aliphatic rings. The molecule has 0 unspecified atom stereocenters. The molecule has 0 amide bonds. The van der Waals surface area contributed by atoms with Gasteiger partial charge in [0.2, 0.25) is 0 Å². The van der Waals surface area contributed by atoms with Crippen LogP contribution in [0.15, 0.2) is 23.2 Å². The maximum Gasteiger partial charge on any atom is 0.107 e. The van der Waals surface area contributed by atoms with E-state index < -0.39 is 0 Å². The van der Waals surface area contributed by atoms with E-state index in [2.05, 4.69) is 44.4 Å². The Hall–Kier alpha value is -0.820. The zero-order valence-electron chi connectivity index (χ0n) is 11.9. The topological polar surface area (TPSA) is 32.3 Å². The molecule has 2 aromatic heterocycles. The minimum atomic E-state index is 0.558. The van der Waals surface area contributed by atoms with Crippen LogP contribution in [0.3, 0.4) is 0 Å². The van der Waals surface area contributed by atoms with Gasteiger partial charge in [0, 0.05) is 48.3 Å². The summed E-state index contributed by atoms with van der Waals surface area (Å²) in [5.74, 6) is 0. The number of hydrogen-bond acceptors (Lipinski definition) is 6. The molecule has 0 aromatic carbocycles. The van der Waals surface area contributed by atoms with E-state index in [0.29, 0.717) is 12.1 Å². The van der Waals surface area contributed by atoms with Crippen molar-refractivity contribution in [2.75, 3.05) is 13.1 Å². The molecule has 0 spiro atoms. The van der Waals surface area contributed by atoms with E-state index in [4.69, 9.17) is 0 Å². The zero-order valence-corrected chi connectivity index (χ0v) is 13.5. The van der Waals surface area contributed by atoms with Crippen LogP contribution in [0.25, 0.3) is 0 Å². The maximum atomic E-state index is 4.41. The molecule has 0 N–H and O–H groups in total. The van der Waals surface area contributed by atoms with Gasteiger partial charge in [-0.3, -0.25) is 9.80 Å². The molecule has 1 saturated heterocycles. The normalized spacial score (nSPS) is 25.1. The fourth-order valence-electron chi connectivity index (χ4n) is 2.92. The van der Waals surface area contributed by atoms with Crippen molar-refractivity contribution < 1.29 is 0 Å². The Morgan fingerprint density at radius 2 is 1.55 bits per heavy atom. The summed E-state index contributed by atoms with van der Waals surface area (Å²) in [5, 5.41) is 6.56. The average molecular weight is 308 g/mol. The van der Waals surface area contributed by atoms with E-state index in [9.17, 15) is 0 Å². The van der Waals surface area contributed by atoms with Crippen molar-refractivity contribution in [3.05, 3.63) is 33.2 Å². The second-order valence-electron chi connectivity index (χ2n) is 5.42. The van der Waals surface area contributed by atoms with Crippen molar-refractivity contribution >= 4 is 22.7 Å². The van der Waals surface area contributed by atoms with Crippen molar-refractivity contribution in [2.45, 2.75) is 39.0 Å². The zero-order chi connectivity index (χ0) is 13.9. The third-order valence-electron chi connectivity index (χ3n) is 3.82. The third kappa shape index (κ3) is 3.25. The average Bonchev–Trinajstić information content (AvgIpc) is 3.06. The highest BCUT2D eigenvalue weighted by Gasteiger charge is 2.30. The molecular weight excluding hydrogens is 288 g/mol. The Labute approximate surface area is 128 Å². The highest BCUT2D eigenvalue weighted by atomic mass is 32.1. The van der Waals surface area contributed by atoms with Gasteiger partial charge in [-0.1, -0.05) is 0 Å². The van der Waals surface area contributed by atoms with Crippen LogP contribution >= 0.6 is 22.7 Å². The number of aromatic nitrogens is 2. The molecule has 6 heteroatoms. The van der Waals surface area contributed by atoms with Crippen LogP contribution < -0.4 is 0 Å². The number of piperazine rings is 1. The first kappa shape index (κ1) is 14.1. The van der Waals surface area contributed by atoms with Crippen LogP contribution in [0.2, 0.25) is 0 Å². The monoisotopic (exact) mass is 308 g/mol. The number of thiazole rings is 2. The fourth-order valence-corrected chi connectivity index (χ4v) is 4.20. The molecule has 0 bridgehead atoms. The largest absolute Gasteiger partial charge is 0.294 e. The molecule has 2 atom stereocenters. The second-order valence-corrected chi connectivity index (χ2v) is 7.37. The van der Waals surface area contributed by atoms with E-state index in [1.54, 1.807) is 22.7 Å². The van der Waals surface area contributed by atoms with Gasteiger partial charge >= 0.3 is 0 Å². The van der Waals surface area contributed by atoms with Crippen LogP contribution in [0.1, 0.15) is 23.9 Å². The smallest absolute Gasteiger partial charge is 0.107 e. The molecule has 0 saturated carbocycles. The van der Waals surface area contributed by atoms with E-state index in [-0.39, 0.29) is 0 Å². The molecule has 108 valence electrons. The van der Waals surface area contributed by atoms with Crippen LogP contribution in [-0.4, -0.2) is 44.9 Å². The standard InChI is InChI=1S/C14H20N4S2/c1-11-7-17(9-13-15-3-5-19-13)8-12(2)18(11)10-14-16-4-6-20-14/h3-6,11-12H,7-10H2,1-2H3/t11-,12-/m0/s1. The quantitative estimate of drug-likeness (QED) is 0.869. The van der Waals surface area contributed by atoms with Crippen LogP contribution in [0, 0.1) is 0 Å². The number of hydrogen-bond donors (Lipinski definition) is 0. The highest BCUT2D eigenvalue weighted by Crippen LogP contribution is 2.21. The first-order chi connectivity index (χ1) is 9.72. The summed E-state index contributed by atoms with van der Waals surface area (Å²) < 4.78 is 0. The Morgan fingerprint density at radius 1 is 1.00 bits per heavy atom. The SMILES string of the molecule is C[C@H]1CN(Cc2nccs2)C[C@H](C)N1Cc1nccs1. The van der Waals surface area contributed by atoms with Gasteiger partial charge in [0.15, 0.2) is 0 Å². The molecule has 1 aliphatic heterocycles. The van der Waals surface area contributed by atoms with E-state index in [1.165, 1.54) is 10.0 Å². The lowest BCUT2D eigenvalue weighted by Gasteiger charge is -2.44. The Bertz CT molecular complexity index is 499. The van der Waals surface area contributed by atoms with E-state index in [1.807, 2.05) is 12.4 Å². The molecule has 0 radical (unpaired) electrons. The Morgan fingerprint density at radius 3 is 2.05 bits per heavy atom.